The molecule has 16 heavy (non-hydrogen) atoms. The molecular weight excluding hydrogens is 376 g/mol. The van der Waals surface area contributed by atoms with Crippen molar-refractivity contribution in [1.29, 1.82) is 0 Å². The van der Waals surface area contributed by atoms with Crippen LogP contribution in [-0.4, -0.2) is 23.2 Å². The van der Waals surface area contributed by atoms with Gasteiger partial charge in [0.05, 0.1) is 0 Å². The van der Waals surface area contributed by atoms with Crippen LogP contribution in [0.1, 0.15) is 51.4 Å². The minimum atomic E-state index is -0.667. The Morgan fingerprint density at radius 3 is 2.38 bits per heavy atom. The molecule has 2 rings (SSSR count). The molecule has 1 aliphatic carbocycles. The third-order valence-corrected chi connectivity index (χ3v) is 3.91. The fraction of sp³-hybridized carbons (Fsp3) is 0.917. The first-order valence-corrected chi connectivity index (χ1v) is 6.26. The van der Waals surface area contributed by atoms with Crippen LogP contribution in [0.2, 0.25) is 0 Å². The number of aliphatic carboxylic acids is 1. The van der Waals surface area contributed by atoms with Crippen LogP contribution in [0.4, 0.5) is 0 Å². The number of hydrogen-bond donors (Lipinski definition) is 2. The number of rotatable bonds is 1. The average molecular weight is 398 g/mol. The van der Waals surface area contributed by atoms with E-state index in [1.165, 1.54) is 44.9 Å². The van der Waals surface area contributed by atoms with Gasteiger partial charge in [-0.25, -0.2) is 0 Å². The molecule has 2 fully saturated rings. The first-order chi connectivity index (χ1) is 7.27. The Morgan fingerprint density at radius 1 is 1.06 bits per heavy atom. The summed E-state index contributed by atoms with van der Waals surface area (Å²) in [6.45, 7) is 0. The zero-order valence-corrected chi connectivity index (χ0v) is 12.3. The number of hydrogen-bond acceptors (Lipinski definition) is 2. The van der Waals surface area contributed by atoms with Crippen molar-refractivity contribution in [2.45, 2.75) is 63.5 Å². The van der Waals surface area contributed by atoms with Crippen LogP contribution in [0.5, 0.6) is 0 Å². The number of nitrogens with one attached hydrogen (secondary N) is 1. The van der Waals surface area contributed by atoms with Crippen molar-refractivity contribution in [3.05, 3.63) is 0 Å². The van der Waals surface area contributed by atoms with Crippen LogP contribution in [-0.2, 0) is 25.2 Å². The Balaban J connectivity index is 0.00000128. The molecule has 0 aromatic heterocycles. The fourth-order valence-corrected chi connectivity index (χ4v) is 3.04. The maximum Gasteiger partial charge on any atom is 0.320 e. The van der Waals surface area contributed by atoms with Crippen molar-refractivity contribution < 1.29 is 30.3 Å². The first-order valence-electron chi connectivity index (χ1n) is 6.26. The fourth-order valence-electron chi connectivity index (χ4n) is 3.04. The summed E-state index contributed by atoms with van der Waals surface area (Å²) in [5, 5.41) is 12.3. The Bertz CT molecular complexity index is 219. The molecule has 2 N–H and O–H groups in total. The second-order valence-electron chi connectivity index (χ2n) is 5.00. The molecule has 2 aliphatic rings. The van der Waals surface area contributed by atoms with E-state index in [0.29, 0.717) is 12.0 Å². The quantitative estimate of drug-likeness (QED) is 0.713. The molecule has 0 spiro atoms. The normalized spacial score (nSPS) is 35.1. The van der Waals surface area contributed by atoms with Crippen LogP contribution < -0.4 is 5.32 Å². The van der Waals surface area contributed by atoms with E-state index in [1.807, 2.05) is 0 Å². The molecule has 0 bridgehead atoms. The number of carbonyl (C=O) groups is 1. The van der Waals surface area contributed by atoms with Crippen LogP contribution in [0.25, 0.3) is 0 Å². The number of carboxylic acid groups (broad SMARTS) is 1. The molecule has 1 radical (unpaired) electrons. The van der Waals surface area contributed by atoms with Crippen molar-refractivity contribution >= 4 is 5.97 Å². The van der Waals surface area contributed by atoms with E-state index in [1.54, 1.807) is 0 Å². The van der Waals surface area contributed by atoms with E-state index < -0.39 is 5.97 Å². The Kier molecular flexibility index (Phi) is 5.96. The van der Waals surface area contributed by atoms with Gasteiger partial charge in [0.1, 0.15) is 6.04 Å². The molecule has 1 saturated carbocycles. The standard InChI is InChI=1S/C12H21NO2.Re/c14-12(15)11-8-9-6-4-2-1-3-5-7-10(9)13-11;/h9-11,13H,1-8H2,(H,14,15);. The molecule has 3 unspecified atom stereocenters. The van der Waals surface area contributed by atoms with Gasteiger partial charge in [0.2, 0.25) is 0 Å². The molecule has 1 aliphatic heterocycles. The van der Waals surface area contributed by atoms with Crippen molar-refractivity contribution in [2.24, 2.45) is 5.92 Å². The van der Waals surface area contributed by atoms with E-state index >= 15 is 0 Å². The second kappa shape index (κ2) is 6.74. The Hall–Kier alpha value is 0.0923. The Labute approximate surface area is 111 Å². The van der Waals surface area contributed by atoms with Gasteiger partial charge in [-0.15, -0.1) is 0 Å². The smallest absolute Gasteiger partial charge is 0.320 e. The first kappa shape index (κ1) is 14.2. The van der Waals surface area contributed by atoms with Crippen LogP contribution in [0.3, 0.4) is 0 Å². The minimum Gasteiger partial charge on any atom is -0.480 e. The number of fused-ring (bicyclic) bond motifs is 1. The largest absolute Gasteiger partial charge is 0.480 e. The summed E-state index contributed by atoms with van der Waals surface area (Å²) in [4.78, 5) is 10.9. The molecule has 0 aromatic rings. The molecule has 93 valence electrons. The predicted octanol–water partition coefficient (Wildman–Crippen LogP) is 2.16. The molecule has 0 amide bonds. The molecule has 3 nitrogen and oxygen atoms in total. The zero-order valence-electron chi connectivity index (χ0n) is 9.62. The maximum absolute atomic E-state index is 10.9. The van der Waals surface area contributed by atoms with Crippen molar-refractivity contribution in [3.8, 4) is 0 Å². The molecule has 0 aromatic carbocycles. The minimum absolute atomic E-state index is 0. The van der Waals surface area contributed by atoms with E-state index in [9.17, 15) is 4.79 Å². The van der Waals surface area contributed by atoms with Crippen molar-refractivity contribution in [3.63, 3.8) is 0 Å². The van der Waals surface area contributed by atoms with E-state index in [-0.39, 0.29) is 26.5 Å². The van der Waals surface area contributed by atoms with Crippen molar-refractivity contribution in [1.82, 2.24) is 5.32 Å². The third-order valence-electron chi connectivity index (χ3n) is 3.91. The van der Waals surface area contributed by atoms with E-state index in [4.69, 9.17) is 5.11 Å². The monoisotopic (exact) mass is 398 g/mol. The Morgan fingerprint density at radius 2 is 1.69 bits per heavy atom. The average Bonchev–Trinajstić information content (AvgIpc) is 2.61. The van der Waals surface area contributed by atoms with Crippen LogP contribution >= 0.6 is 0 Å². The maximum atomic E-state index is 10.9. The van der Waals surface area contributed by atoms with E-state index in [2.05, 4.69) is 5.32 Å². The van der Waals surface area contributed by atoms with Gasteiger partial charge in [0.15, 0.2) is 0 Å². The zero-order chi connectivity index (χ0) is 10.7. The topological polar surface area (TPSA) is 49.3 Å². The van der Waals surface area contributed by atoms with Gasteiger partial charge in [0.25, 0.3) is 0 Å². The summed E-state index contributed by atoms with van der Waals surface area (Å²) in [5.41, 5.74) is 0. The summed E-state index contributed by atoms with van der Waals surface area (Å²) < 4.78 is 0. The van der Waals surface area contributed by atoms with Crippen molar-refractivity contribution in [2.75, 3.05) is 0 Å². The second-order valence-corrected chi connectivity index (χ2v) is 5.00. The van der Waals surface area contributed by atoms with Gasteiger partial charge in [-0.3, -0.25) is 4.79 Å². The summed E-state index contributed by atoms with van der Waals surface area (Å²) in [6, 6.07) is 0.198. The summed E-state index contributed by atoms with van der Waals surface area (Å²) >= 11 is 0. The molecular formula is C12H21NO2Re. The summed E-state index contributed by atoms with van der Waals surface area (Å²) in [5.74, 6) is -0.0521. The van der Waals surface area contributed by atoms with Gasteiger partial charge in [0, 0.05) is 26.5 Å². The van der Waals surface area contributed by atoms with Crippen LogP contribution in [0.15, 0.2) is 0 Å². The molecule has 1 heterocycles. The predicted molar refractivity (Wildman–Crippen MR) is 58.8 cm³/mol. The number of carboxylic acids is 1. The molecule has 3 atom stereocenters. The van der Waals surface area contributed by atoms with Crippen LogP contribution in [0, 0.1) is 5.92 Å². The van der Waals surface area contributed by atoms with Gasteiger partial charge < -0.3 is 10.4 Å². The SMILES string of the molecule is O=C(O)C1CC2CCCCCCCC2N1.[Re]. The van der Waals surface area contributed by atoms with Gasteiger partial charge in [-0.1, -0.05) is 32.1 Å². The molecule has 1 saturated heterocycles. The van der Waals surface area contributed by atoms with Gasteiger partial charge >= 0.3 is 5.97 Å². The van der Waals surface area contributed by atoms with E-state index in [0.717, 1.165) is 6.42 Å². The van der Waals surface area contributed by atoms with Gasteiger partial charge in [-0.2, -0.15) is 0 Å². The molecule has 4 heteroatoms. The summed E-state index contributed by atoms with van der Waals surface area (Å²) in [6.07, 6.45) is 9.82. The summed E-state index contributed by atoms with van der Waals surface area (Å²) in [7, 11) is 0. The third kappa shape index (κ3) is 3.55. The van der Waals surface area contributed by atoms with Gasteiger partial charge in [-0.05, 0) is 25.2 Å².